The Morgan fingerprint density at radius 1 is 1.00 bits per heavy atom. The maximum absolute atomic E-state index is 5.70. The molecule has 2 heteroatoms. The zero-order valence-corrected chi connectivity index (χ0v) is 7.30. The minimum absolute atomic E-state index is 0.194. The van der Waals surface area contributed by atoms with Crippen molar-refractivity contribution in [1.82, 2.24) is 0 Å². The van der Waals surface area contributed by atoms with Gasteiger partial charge in [0.25, 0.3) is 0 Å². The highest BCUT2D eigenvalue weighted by Gasteiger charge is 2.50. The van der Waals surface area contributed by atoms with Gasteiger partial charge in [0.2, 0.25) is 0 Å². The van der Waals surface area contributed by atoms with E-state index in [0.29, 0.717) is 11.8 Å². The molecule has 2 fully saturated rings. The van der Waals surface area contributed by atoms with E-state index in [2.05, 4.69) is 13.8 Å². The second-order valence-electron chi connectivity index (χ2n) is 3.80. The van der Waals surface area contributed by atoms with Crippen molar-refractivity contribution in [1.29, 1.82) is 0 Å². The van der Waals surface area contributed by atoms with Crippen LogP contribution in [0, 0.1) is 11.8 Å². The molecule has 2 nitrogen and oxygen atoms in total. The number of hydrogen-bond donors (Lipinski definition) is 0. The third kappa shape index (κ3) is 0.926. The molecule has 2 aliphatic heterocycles. The molecular formula is C9H16O2. The number of ether oxygens (including phenoxy) is 2. The molecule has 2 heterocycles. The SMILES string of the molecule is C[C@H]1CCOC12OCC[C@@H]2C. The fourth-order valence-electron chi connectivity index (χ4n) is 2.29. The lowest BCUT2D eigenvalue weighted by Gasteiger charge is -2.31. The van der Waals surface area contributed by atoms with Crippen LogP contribution in [0.1, 0.15) is 26.7 Å². The first-order chi connectivity index (χ1) is 5.26. The molecule has 2 atom stereocenters. The first-order valence-electron chi connectivity index (χ1n) is 4.53. The van der Waals surface area contributed by atoms with E-state index >= 15 is 0 Å². The molecule has 0 N–H and O–H groups in total. The number of hydrogen-bond acceptors (Lipinski definition) is 2. The van der Waals surface area contributed by atoms with Crippen LogP contribution in [0.2, 0.25) is 0 Å². The van der Waals surface area contributed by atoms with Crippen molar-refractivity contribution < 1.29 is 9.47 Å². The van der Waals surface area contributed by atoms with Crippen LogP contribution in [-0.2, 0) is 9.47 Å². The second kappa shape index (κ2) is 2.46. The average Bonchev–Trinajstić information content (AvgIpc) is 2.48. The molecule has 11 heavy (non-hydrogen) atoms. The minimum atomic E-state index is -0.194. The molecule has 0 amide bonds. The van der Waals surface area contributed by atoms with E-state index in [4.69, 9.17) is 9.47 Å². The third-order valence-corrected chi connectivity index (χ3v) is 3.13. The Kier molecular flexibility index (Phi) is 1.69. The molecule has 64 valence electrons. The Bertz CT molecular complexity index is 138. The lowest BCUT2D eigenvalue weighted by Crippen LogP contribution is -2.38. The zero-order valence-electron chi connectivity index (χ0n) is 7.30. The summed E-state index contributed by atoms with van der Waals surface area (Å²) in [5.41, 5.74) is 0. The van der Waals surface area contributed by atoms with Crippen LogP contribution in [0.5, 0.6) is 0 Å². The standard InChI is InChI=1S/C9H16O2/c1-7-3-5-10-9(7)8(2)4-6-11-9/h7-8H,3-6H2,1-2H3/t7-,8-,9?/m0/s1. The first kappa shape index (κ1) is 7.56. The first-order valence-corrected chi connectivity index (χ1v) is 4.53. The topological polar surface area (TPSA) is 18.5 Å². The van der Waals surface area contributed by atoms with Crippen LogP contribution in [0.25, 0.3) is 0 Å². The van der Waals surface area contributed by atoms with Gasteiger partial charge in [0.05, 0.1) is 13.2 Å². The van der Waals surface area contributed by atoms with Crippen molar-refractivity contribution in [3.63, 3.8) is 0 Å². The molecule has 2 rings (SSSR count). The van der Waals surface area contributed by atoms with Crippen molar-refractivity contribution in [2.24, 2.45) is 11.8 Å². The van der Waals surface area contributed by atoms with E-state index in [9.17, 15) is 0 Å². The summed E-state index contributed by atoms with van der Waals surface area (Å²) in [7, 11) is 0. The lowest BCUT2D eigenvalue weighted by atomic mass is 9.89. The fourth-order valence-corrected chi connectivity index (χ4v) is 2.29. The highest BCUT2D eigenvalue weighted by Crippen LogP contribution is 2.44. The summed E-state index contributed by atoms with van der Waals surface area (Å²) >= 11 is 0. The van der Waals surface area contributed by atoms with Gasteiger partial charge in [-0.15, -0.1) is 0 Å². The van der Waals surface area contributed by atoms with Crippen LogP contribution >= 0.6 is 0 Å². The van der Waals surface area contributed by atoms with Gasteiger partial charge in [-0.05, 0) is 12.8 Å². The van der Waals surface area contributed by atoms with Crippen LogP contribution in [0.15, 0.2) is 0 Å². The molecule has 0 aromatic rings. The van der Waals surface area contributed by atoms with Gasteiger partial charge >= 0.3 is 0 Å². The van der Waals surface area contributed by atoms with Gasteiger partial charge < -0.3 is 9.47 Å². The molecule has 1 spiro atoms. The molecule has 2 aliphatic rings. The van der Waals surface area contributed by atoms with Crippen molar-refractivity contribution in [3.8, 4) is 0 Å². The average molecular weight is 156 g/mol. The van der Waals surface area contributed by atoms with Crippen LogP contribution < -0.4 is 0 Å². The van der Waals surface area contributed by atoms with Crippen LogP contribution in [0.3, 0.4) is 0 Å². The summed E-state index contributed by atoms with van der Waals surface area (Å²) in [6.45, 7) is 6.22. The van der Waals surface area contributed by atoms with E-state index in [0.717, 1.165) is 26.1 Å². The third-order valence-electron chi connectivity index (χ3n) is 3.13. The molecule has 2 saturated heterocycles. The molecule has 0 radical (unpaired) electrons. The summed E-state index contributed by atoms with van der Waals surface area (Å²) in [5.74, 6) is 0.972. The summed E-state index contributed by atoms with van der Waals surface area (Å²) in [5, 5.41) is 0. The Morgan fingerprint density at radius 3 is 1.73 bits per heavy atom. The molecule has 0 aliphatic carbocycles. The minimum Gasteiger partial charge on any atom is -0.349 e. The molecule has 0 saturated carbocycles. The van der Waals surface area contributed by atoms with E-state index < -0.39 is 0 Å². The van der Waals surface area contributed by atoms with Gasteiger partial charge in [-0.3, -0.25) is 0 Å². The predicted molar refractivity (Wildman–Crippen MR) is 42.2 cm³/mol. The second-order valence-corrected chi connectivity index (χ2v) is 3.80. The van der Waals surface area contributed by atoms with Crippen molar-refractivity contribution in [2.75, 3.05) is 13.2 Å². The van der Waals surface area contributed by atoms with Crippen LogP contribution in [-0.4, -0.2) is 19.0 Å². The predicted octanol–water partition coefficient (Wildman–Crippen LogP) is 1.80. The Labute approximate surface area is 67.9 Å². The highest BCUT2D eigenvalue weighted by atomic mass is 16.7. The zero-order chi connectivity index (χ0) is 7.90. The number of rotatable bonds is 0. The van der Waals surface area contributed by atoms with Crippen molar-refractivity contribution >= 4 is 0 Å². The maximum Gasteiger partial charge on any atom is 0.173 e. The Hall–Kier alpha value is -0.0800. The maximum atomic E-state index is 5.70. The van der Waals surface area contributed by atoms with Gasteiger partial charge in [-0.2, -0.15) is 0 Å². The quantitative estimate of drug-likeness (QED) is 0.532. The van der Waals surface area contributed by atoms with Crippen molar-refractivity contribution in [2.45, 2.75) is 32.5 Å². The van der Waals surface area contributed by atoms with E-state index in [1.165, 1.54) is 0 Å². The summed E-state index contributed by atoms with van der Waals surface area (Å²) < 4.78 is 11.4. The van der Waals surface area contributed by atoms with Gasteiger partial charge in [-0.1, -0.05) is 13.8 Å². The Balaban J connectivity index is 2.19. The van der Waals surface area contributed by atoms with Gasteiger partial charge in [0.1, 0.15) is 0 Å². The summed E-state index contributed by atoms with van der Waals surface area (Å²) in [6.07, 6.45) is 2.31. The van der Waals surface area contributed by atoms with Gasteiger partial charge in [0, 0.05) is 11.8 Å². The monoisotopic (exact) mass is 156 g/mol. The highest BCUT2D eigenvalue weighted by molar-refractivity contribution is 4.90. The molecule has 0 bridgehead atoms. The molecular weight excluding hydrogens is 140 g/mol. The van der Waals surface area contributed by atoms with E-state index in [1.807, 2.05) is 0 Å². The molecule has 0 aromatic heterocycles. The van der Waals surface area contributed by atoms with Gasteiger partial charge in [-0.25, -0.2) is 0 Å². The largest absolute Gasteiger partial charge is 0.349 e. The summed E-state index contributed by atoms with van der Waals surface area (Å²) in [4.78, 5) is 0. The summed E-state index contributed by atoms with van der Waals surface area (Å²) in [6, 6.07) is 0. The van der Waals surface area contributed by atoms with Crippen LogP contribution in [0.4, 0.5) is 0 Å². The fraction of sp³-hybridized carbons (Fsp3) is 1.00. The molecule has 0 unspecified atom stereocenters. The van der Waals surface area contributed by atoms with Gasteiger partial charge in [0.15, 0.2) is 5.79 Å². The lowest BCUT2D eigenvalue weighted by molar-refractivity contribution is -0.218. The normalized spacial score (nSPS) is 42.0. The van der Waals surface area contributed by atoms with E-state index in [-0.39, 0.29) is 5.79 Å². The smallest absolute Gasteiger partial charge is 0.173 e. The molecule has 0 aromatic carbocycles. The van der Waals surface area contributed by atoms with E-state index in [1.54, 1.807) is 0 Å². The Morgan fingerprint density at radius 2 is 1.45 bits per heavy atom. The van der Waals surface area contributed by atoms with Crippen molar-refractivity contribution in [3.05, 3.63) is 0 Å².